The van der Waals surface area contributed by atoms with Gasteiger partial charge in [0.2, 0.25) is 0 Å². The zero-order valence-electron chi connectivity index (χ0n) is 15.6. The molecule has 30 heavy (non-hydrogen) atoms. The molecule has 12 heteroatoms. The van der Waals surface area contributed by atoms with Gasteiger partial charge in [0.1, 0.15) is 0 Å². The molecule has 156 valence electrons. The number of aromatic carboxylic acids is 2. The summed E-state index contributed by atoms with van der Waals surface area (Å²) in [6.07, 6.45) is 0. The highest BCUT2D eigenvalue weighted by Crippen LogP contribution is 2.22. The van der Waals surface area contributed by atoms with Crippen LogP contribution in [0.2, 0.25) is 0 Å². The van der Waals surface area contributed by atoms with Crippen molar-refractivity contribution in [2.24, 2.45) is 14.1 Å². The third kappa shape index (κ3) is 3.55. The van der Waals surface area contributed by atoms with Gasteiger partial charge in [-0.2, -0.15) is 0 Å². The molecule has 0 bridgehead atoms. The number of benzene rings is 2. The molecule has 0 aliphatic rings. The first-order valence-electron chi connectivity index (χ1n) is 8.26. The van der Waals surface area contributed by atoms with E-state index in [4.69, 9.17) is 10.2 Å². The number of fused-ring (bicyclic) bond motifs is 1. The normalized spacial score (nSPS) is 11.4. The van der Waals surface area contributed by atoms with Crippen molar-refractivity contribution >= 4 is 38.7 Å². The standard InChI is InChI=1S/C18H15N3O8S/c1-20-13-4-3-12(8-14(13)21(2)16(23)15(20)22)30(28,29)19-11-6-9(17(24)25)5-10(7-11)18(26)27/h3-8,19H,1-2H3,(H,24,25)(H,26,27). The Hall–Kier alpha value is -3.93. The summed E-state index contributed by atoms with van der Waals surface area (Å²) in [7, 11) is -1.58. The molecule has 0 saturated carbocycles. The maximum atomic E-state index is 12.8. The largest absolute Gasteiger partial charge is 0.478 e. The predicted molar refractivity (Wildman–Crippen MR) is 106 cm³/mol. The minimum Gasteiger partial charge on any atom is -0.478 e. The van der Waals surface area contributed by atoms with Crippen LogP contribution in [0.15, 0.2) is 50.9 Å². The molecule has 0 aliphatic carbocycles. The molecule has 3 N–H and O–H groups in total. The van der Waals surface area contributed by atoms with Crippen molar-refractivity contribution in [2.45, 2.75) is 4.90 Å². The number of nitrogens with one attached hydrogen (secondary N) is 1. The second kappa shape index (κ2) is 7.15. The summed E-state index contributed by atoms with van der Waals surface area (Å²) in [4.78, 5) is 46.1. The molecule has 0 radical (unpaired) electrons. The van der Waals surface area contributed by atoms with E-state index in [0.29, 0.717) is 5.52 Å². The van der Waals surface area contributed by atoms with Crippen molar-refractivity contribution in [3.63, 3.8) is 0 Å². The van der Waals surface area contributed by atoms with Crippen molar-refractivity contribution in [3.05, 3.63) is 68.2 Å². The lowest BCUT2D eigenvalue weighted by Crippen LogP contribution is -2.39. The predicted octanol–water partition coefficient (Wildman–Crippen LogP) is 0.434. The second-order valence-electron chi connectivity index (χ2n) is 6.39. The summed E-state index contributed by atoms with van der Waals surface area (Å²) in [6.45, 7) is 0. The Balaban J connectivity index is 2.14. The average molecular weight is 433 g/mol. The van der Waals surface area contributed by atoms with E-state index in [-0.39, 0.29) is 16.1 Å². The Morgan fingerprint density at radius 1 is 0.833 bits per heavy atom. The van der Waals surface area contributed by atoms with Crippen LogP contribution in [0.5, 0.6) is 0 Å². The van der Waals surface area contributed by atoms with Gasteiger partial charge < -0.3 is 19.3 Å². The van der Waals surface area contributed by atoms with Crippen LogP contribution in [0.4, 0.5) is 5.69 Å². The van der Waals surface area contributed by atoms with Gasteiger partial charge in [-0.05, 0) is 36.4 Å². The number of rotatable bonds is 5. The number of carboxylic acid groups (broad SMARTS) is 2. The molecule has 0 aliphatic heterocycles. The quantitative estimate of drug-likeness (QED) is 0.488. The fourth-order valence-corrected chi connectivity index (χ4v) is 3.94. The van der Waals surface area contributed by atoms with Gasteiger partial charge in [-0.1, -0.05) is 0 Å². The van der Waals surface area contributed by atoms with Gasteiger partial charge in [-0.25, -0.2) is 18.0 Å². The molecule has 0 fully saturated rings. The smallest absolute Gasteiger partial charge is 0.335 e. The molecule has 0 saturated heterocycles. The fraction of sp³-hybridized carbons (Fsp3) is 0.111. The number of sulfonamides is 1. The van der Waals surface area contributed by atoms with Crippen LogP contribution in [0.3, 0.4) is 0 Å². The number of carboxylic acids is 2. The number of carbonyl (C=O) groups is 2. The Morgan fingerprint density at radius 3 is 1.83 bits per heavy atom. The van der Waals surface area contributed by atoms with Crippen LogP contribution in [-0.2, 0) is 24.1 Å². The van der Waals surface area contributed by atoms with E-state index < -0.39 is 44.2 Å². The molecule has 1 aromatic heterocycles. The van der Waals surface area contributed by atoms with Crippen molar-refractivity contribution in [2.75, 3.05) is 4.72 Å². The topological polar surface area (TPSA) is 165 Å². The summed E-state index contributed by atoms with van der Waals surface area (Å²) in [5.74, 6) is -2.86. The highest BCUT2D eigenvalue weighted by Gasteiger charge is 2.19. The molecule has 1 heterocycles. The number of anilines is 1. The third-order valence-corrected chi connectivity index (χ3v) is 5.83. The monoisotopic (exact) mass is 433 g/mol. The number of hydrogen-bond acceptors (Lipinski definition) is 6. The van der Waals surface area contributed by atoms with Crippen LogP contribution >= 0.6 is 0 Å². The number of aryl methyl sites for hydroxylation is 2. The van der Waals surface area contributed by atoms with Crippen LogP contribution in [0, 0.1) is 0 Å². The van der Waals surface area contributed by atoms with E-state index in [1.165, 1.54) is 32.3 Å². The van der Waals surface area contributed by atoms with Crippen LogP contribution in [0.1, 0.15) is 20.7 Å². The molecule has 3 aromatic rings. The first-order chi connectivity index (χ1) is 13.9. The van der Waals surface area contributed by atoms with Crippen molar-refractivity contribution in [1.29, 1.82) is 0 Å². The van der Waals surface area contributed by atoms with Gasteiger partial charge in [0, 0.05) is 14.1 Å². The highest BCUT2D eigenvalue weighted by molar-refractivity contribution is 7.92. The minimum atomic E-state index is -4.28. The van der Waals surface area contributed by atoms with Crippen molar-refractivity contribution in [1.82, 2.24) is 9.13 Å². The van der Waals surface area contributed by atoms with Gasteiger partial charge in [0.15, 0.2) is 0 Å². The number of hydrogen-bond donors (Lipinski definition) is 3. The maximum absolute atomic E-state index is 12.8. The summed E-state index contributed by atoms with van der Waals surface area (Å²) >= 11 is 0. The van der Waals surface area contributed by atoms with Gasteiger partial charge in [-0.3, -0.25) is 14.3 Å². The number of nitrogens with zero attached hydrogens (tertiary/aromatic N) is 2. The fourth-order valence-electron chi connectivity index (χ4n) is 2.88. The summed E-state index contributed by atoms with van der Waals surface area (Å²) in [5, 5.41) is 18.2. The summed E-state index contributed by atoms with van der Waals surface area (Å²) in [5.41, 5.74) is -2.20. The average Bonchev–Trinajstić information content (AvgIpc) is 2.69. The Morgan fingerprint density at radius 2 is 1.33 bits per heavy atom. The zero-order chi connectivity index (χ0) is 22.4. The lowest BCUT2D eigenvalue weighted by atomic mass is 10.1. The van der Waals surface area contributed by atoms with E-state index in [2.05, 4.69) is 4.72 Å². The summed E-state index contributed by atoms with van der Waals surface area (Å²) in [6, 6.07) is 6.58. The van der Waals surface area contributed by atoms with Gasteiger partial charge in [0.05, 0.1) is 32.7 Å². The van der Waals surface area contributed by atoms with Crippen LogP contribution in [0.25, 0.3) is 11.0 Å². The first-order valence-corrected chi connectivity index (χ1v) is 9.75. The Labute approximate surface area is 168 Å². The van der Waals surface area contributed by atoms with Gasteiger partial charge >= 0.3 is 23.1 Å². The van der Waals surface area contributed by atoms with Gasteiger partial charge in [0.25, 0.3) is 10.0 Å². The SMILES string of the molecule is Cn1c(=O)c(=O)n(C)c2cc(S(=O)(=O)Nc3cc(C(=O)O)cc(C(=O)O)c3)ccc21. The van der Waals surface area contributed by atoms with Crippen molar-refractivity contribution in [3.8, 4) is 0 Å². The zero-order valence-corrected chi connectivity index (χ0v) is 16.4. The highest BCUT2D eigenvalue weighted by atomic mass is 32.2. The van der Waals surface area contributed by atoms with E-state index in [1.807, 2.05) is 0 Å². The van der Waals surface area contributed by atoms with Crippen LogP contribution < -0.4 is 15.8 Å². The van der Waals surface area contributed by atoms with Crippen molar-refractivity contribution < 1.29 is 28.2 Å². The van der Waals surface area contributed by atoms with E-state index in [9.17, 15) is 27.6 Å². The lowest BCUT2D eigenvalue weighted by Gasteiger charge is -2.13. The molecule has 0 amide bonds. The first kappa shape index (κ1) is 20.8. The molecule has 3 rings (SSSR count). The number of aromatic nitrogens is 2. The molecule has 0 spiro atoms. The van der Waals surface area contributed by atoms with E-state index in [0.717, 1.165) is 27.3 Å². The van der Waals surface area contributed by atoms with E-state index in [1.54, 1.807) is 0 Å². The van der Waals surface area contributed by atoms with E-state index >= 15 is 0 Å². The van der Waals surface area contributed by atoms with Crippen LogP contribution in [-0.4, -0.2) is 39.7 Å². The van der Waals surface area contributed by atoms with Gasteiger partial charge in [-0.15, -0.1) is 0 Å². The Kier molecular flexibility index (Phi) is 4.96. The molecule has 2 aromatic carbocycles. The second-order valence-corrected chi connectivity index (χ2v) is 8.08. The Bertz CT molecular complexity index is 1420. The maximum Gasteiger partial charge on any atom is 0.335 e. The third-order valence-electron chi connectivity index (χ3n) is 4.45. The molecule has 0 atom stereocenters. The molecular formula is C18H15N3O8S. The molecular weight excluding hydrogens is 418 g/mol. The minimum absolute atomic E-state index is 0.176. The molecule has 0 unspecified atom stereocenters. The summed E-state index contributed by atoms with van der Waals surface area (Å²) < 4.78 is 29.8. The molecule has 11 nitrogen and oxygen atoms in total. The lowest BCUT2D eigenvalue weighted by molar-refractivity contribution is 0.0696.